The fourth-order valence-electron chi connectivity index (χ4n) is 2.07. The smallest absolute Gasteiger partial charge is 0.225 e. The van der Waals surface area contributed by atoms with Crippen LogP contribution >= 0.6 is 15.9 Å². The minimum atomic E-state index is 0.113. The Morgan fingerprint density at radius 2 is 1.93 bits per heavy atom. The Hall–Kier alpha value is -0.0500. The number of amides is 1. The maximum Gasteiger partial charge on any atom is 0.225 e. The van der Waals surface area contributed by atoms with Gasteiger partial charge >= 0.3 is 0 Å². The van der Waals surface area contributed by atoms with Gasteiger partial charge in [0, 0.05) is 23.8 Å². The molecule has 1 amide bonds. The van der Waals surface area contributed by atoms with Crippen LogP contribution in [-0.4, -0.2) is 28.7 Å². The zero-order chi connectivity index (χ0) is 10.7. The van der Waals surface area contributed by atoms with Gasteiger partial charge in [-0.15, -0.1) is 0 Å². The summed E-state index contributed by atoms with van der Waals surface area (Å²) in [6, 6.07) is 0.402. The number of hydrogen-bond donors (Lipinski definition) is 0. The molecule has 2 atom stereocenters. The van der Waals surface area contributed by atoms with Crippen molar-refractivity contribution >= 4 is 21.8 Å². The molecule has 0 saturated heterocycles. The third kappa shape index (κ3) is 2.72. The van der Waals surface area contributed by atoms with Crippen LogP contribution in [0.2, 0.25) is 0 Å². The molecule has 1 saturated carbocycles. The summed E-state index contributed by atoms with van der Waals surface area (Å²) in [6.45, 7) is 3.93. The van der Waals surface area contributed by atoms with Gasteiger partial charge in [-0.2, -0.15) is 0 Å². The SMILES string of the molecule is CC(C)C(=O)N(C)C1CCCCC1Br. The topological polar surface area (TPSA) is 20.3 Å². The molecule has 1 aliphatic carbocycles. The van der Waals surface area contributed by atoms with E-state index in [4.69, 9.17) is 0 Å². The van der Waals surface area contributed by atoms with Gasteiger partial charge in [0.25, 0.3) is 0 Å². The molecule has 0 radical (unpaired) electrons. The van der Waals surface area contributed by atoms with Crippen molar-refractivity contribution in [1.29, 1.82) is 0 Å². The Labute approximate surface area is 95.2 Å². The second kappa shape index (κ2) is 5.15. The summed E-state index contributed by atoms with van der Waals surface area (Å²) >= 11 is 3.68. The molecule has 2 unspecified atom stereocenters. The predicted octanol–water partition coefficient (Wildman–Crippen LogP) is 2.81. The lowest BCUT2D eigenvalue weighted by atomic mass is 9.93. The Bertz CT molecular complexity index is 205. The Morgan fingerprint density at radius 3 is 2.43 bits per heavy atom. The summed E-state index contributed by atoms with van der Waals surface area (Å²) in [5.74, 6) is 0.378. The summed E-state index contributed by atoms with van der Waals surface area (Å²) in [6.07, 6.45) is 4.88. The van der Waals surface area contributed by atoms with E-state index < -0.39 is 0 Å². The number of nitrogens with zero attached hydrogens (tertiary/aromatic N) is 1. The molecule has 82 valence electrons. The fourth-order valence-corrected chi connectivity index (χ4v) is 3.02. The summed E-state index contributed by atoms with van der Waals surface area (Å²) < 4.78 is 0. The summed E-state index contributed by atoms with van der Waals surface area (Å²) in [4.78, 5) is 14.2. The van der Waals surface area contributed by atoms with E-state index in [2.05, 4.69) is 15.9 Å². The average molecular weight is 262 g/mol. The third-order valence-electron chi connectivity index (χ3n) is 2.99. The van der Waals surface area contributed by atoms with E-state index in [1.807, 2.05) is 25.8 Å². The molecular formula is C11H20BrNO. The maximum absolute atomic E-state index is 11.8. The van der Waals surface area contributed by atoms with Crippen LogP contribution in [0, 0.1) is 5.92 Å². The lowest BCUT2D eigenvalue weighted by Crippen LogP contribution is -2.45. The summed E-state index contributed by atoms with van der Waals surface area (Å²) in [7, 11) is 1.94. The zero-order valence-electron chi connectivity index (χ0n) is 9.29. The Morgan fingerprint density at radius 1 is 1.36 bits per heavy atom. The second-order valence-electron chi connectivity index (χ2n) is 4.47. The molecule has 0 bridgehead atoms. The van der Waals surface area contributed by atoms with Gasteiger partial charge in [-0.3, -0.25) is 4.79 Å². The fraction of sp³-hybridized carbons (Fsp3) is 0.909. The van der Waals surface area contributed by atoms with Gasteiger partial charge in [0.2, 0.25) is 5.91 Å². The molecule has 1 rings (SSSR count). The first-order chi connectivity index (χ1) is 6.54. The molecule has 1 fully saturated rings. The van der Waals surface area contributed by atoms with E-state index in [0.29, 0.717) is 10.9 Å². The Balaban J connectivity index is 2.57. The molecule has 0 N–H and O–H groups in total. The molecule has 0 aromatic carbocycles. The quantitative estimate of drug-likeness (QED) is 0.701. The predicted molar refractivity (Wildman–Crippen MR) is 62.6 cm³/mol. The highest BCUT2D eigenvalue weighted by atomic mass is 79.9. The van der Waals surface area contributed by atoms with E-state index in [1.54, 1.807) is 0 Å². The van der Waals surface area contributed by atoms with Gasteiger partial charge < -0.3 is 4.90 Å². The molecule has 0 aliphatic heterocycles. The molecule has 3 heteroatoms. The number of halogens is 1. The number of alkyl halides is 1. The van der Waals surface area contributed by atoms with Crippen LogP contribution in [0.25, 0.3) is 0 Å². The standard InChI is InChI=1S/C11H20BrNO/c1-8(2)11(14)13(3)10-7-5-4-6-9(10)12/h8-10H,4-7H2,1-3H3. The van der Waals surface area contributed by atoms with E-state index in [0.717, 1.165) is 6.42 Å². The van der Waals surface area contributed by atoms with Crippen molar-refractivity contribution < 1.29 is 4.79 Å². The van der Waals surface area contributed by atoms with Crippen molar-refractivity contribution in [3.05, 3.63) is 0 Å². The van der Waals surface area contributed by atoms with Crippen LogP contribution in [0.4, 0.5) is 0 Å². The number of hydrogen-bond acceptors (Lipinski definition) is 1. The van der Waals surface area contributed by atoms with Gasteiger partial charge in [0.1, 0.15) is 0 Å². The first-order valence-electron chi connectivity index (χ1n) is 5.44. The number of carbonyl (C=O) groups is 1. The van der Waals surface area contributed by atoms with Gasteiger partial charge in [-0.25, -0.2) is 0 Å². The van der Waals surface area contributed by atoms with Crippen LogP contribution in [0.3, 0.4) is 0 Å². The largest absolute Gasteiger partial charge is 0.341 e. The zero-order valence-corrected chi connectivity index (χ0v) is 10.9. The van der Waals surface area contributed by atoms with Crippen molar-refractivity contribution in [3.8, 4) is 0 Å². The van der Waals surface area contributed by atoms with Crippen molar-refractivity contribution in [2.45, 2.75) is 50.4 Å². The number of carbonyl (C=O) groups excluding carboxylic acids is 1. The summed E-state index contributed by atoms with van der Waals surface area (Å²) in [5, 5.41) is 0. The molecule has 14 heavy (non-hydrogen) atoms. The second-order valence-corrected chi connectivity index (χ2v) is 5.65. The van der Waals surface area contributed by atoms with Crippen molar-refractivity contribution in [2.75, 3.05) is 7.05 Å². The maximum atomic E-state index is 11.8. The normalized spacial score (nSPS) is 27.8. The Kier molecular flexibility index (Phi) is 4.42. The minimum absolute atomic E-state index is 0.113. The molecule has 0 aromatic rings. The van der Waals surface area contributed by atoms with Crippen LogP contribution in [0.15, 0.2) is 0 Å². The van der Waals surface area contributed by atoms with Crippen molar-refractivity contribution in [3.63, 3.8) is 0 Å². The first-order valence-corrected chi connectivity index (χ1v) is 6.36. The van der Waals surface area contributed by atoms with Crippen molar-refractivity contribution in [2.24, 2.45) is 5.92 Å². The van der Waals surface area contributed by atoms with Gasteiger partial charge in [-0.1, -0.05) is 42.6 Å². The lowest BCUT2D eigenvalue weighted by Gasteiger charge is -2.36. The van der Waals surface area contributed by atoms with Gasteiger partial charge in [-0.05, 0) is 12.8 Å². The lowest BCUT2D eigenvalue weighted by molar-refractivity contribution is -0.135. The molecule has 0 heterocycles. The highest BCUT2D eigenvalue weighted by Gasteiger charge is 2.29. The van der Waals surface area contributed by atoms with E-state index in [1.165, 1.54) is 19.3 Å². The third-order valence-corrected chi connectivity index (χ3v) is 4.05. The molecular weight excluding hydrogens is 242 g/mol. The van der Waals surface area contributed by atoms with Crippen LogP contribution in [0.5, 0.6) is 0 Å². The molecule has 2 nitrogen and oxygen atoms in total. The average Bonchev–Trinajstić information content (AvgIpc) is 2.16. The monoisotopic (exact) mass is 261 g/mol. The van der Waals surface area contributed by atoms with E-state index >= 15 is 0 Å². The first kappa shape index (κ1) is 12.0. The van der Waals surface area contributed by atoms with E-state index in [-0.39, 0.29) is 11.8 Å². The van der Waals surface area contributed by atoms with Gasteiger partial charge in [0.15, 0.2) is 0 Å². The van der Waals surface area contributed by atoms with Crippen molar-refractivity contribution in [1.82, 2.24) is 4.90 Å². The van der Waals surface area contributed by atoms with Crippen LogP contribution < -0.4 is 0 Å². The van der Waals surface area contributed by atoms with Crippen LogP contribution in [0.1, 0.15) is 39.5 Å². The summed E-state index contributed by atoms with van der Waals surface area (Å²) in [5.41, 5.74) is 0. The van der Waals surface area contributed by atoms with E-state index in [9.17, 15) is 4.79 Å². The molecule has 0 aromatic heterocycles. The molecule has 0 spiro atoms. The number of rotatable bonds is 2. The highest BCUT2D eigenvalue weighted by Crippen LogP contribution is 2.28. The minimum Gasteiger partial charge on any atom is -0.341 e. The molecule has 1 aliphatic rings. The highest BCUT2D eigenvalue weighted by molar-refractivity contribution is 9.09. The van der Waals surface area contributed by atoms with Crippen LogP contribution in [-0.2, 0) is 4.79 Å². The van der Waals surface area contributed by atoms with Gasteiger partial charge in [0.05, 0.1) is 0 Å².